The number of amides is 1. The van der Waals surface area contributed by atoms with Gasteiger partial charge in [-0.15, -0.1) is 0 Å². The number of ether oxygens (including phenoxy) is 1. The molecular weight excluding hydrogens is 320 g/mol. The molecule has 0 aromatic heterocycles. The topological polar surface area (TPSA) is 110 Å². The van der Waals surface area contributed by atoms with E-state index in [0.717, 1.165) is 25.7 Å². The summed E-state index contributed by atoms with van der Waals surface area (Å²) in [5.74, 6) is -1.71. The Hall–Kier alpha value is -1.28. The molecule has 1 amide bonds. The Kier molecular flexibility index (Phi) is 7.84. The van der Waals surface area contributed by atoms with E-state index in [1.54, 1.807) is 0 Å². The largest absolute Gasteiger partial charge is 0.481 e. The summed E-state index contributed by atoms with van der Waals surface area (Å²) in [5.41, 5.74) is 5.75. The number of aliphatic carboxylic acids is 1. The maximum Gasteiger partial charge on any atom is 0.329 e. The minimum atomic E-state index is -1.18. The summed E-state index contributed by atoms with van der Waals surface area (Å²) in [4.78, 5) is 37.0. The van der Waals surface area contributed by atoms with E-state index in [1.165, 1.54) is 12.0 Å². The van der Waals surface area contributed by atoms with E-state index in [-0.39, 0.29) is 11.8 Å². The van der Waals surface area contributed by atoms with Crippen molar-refractivity contribution in [2.45, 2.75) is 57.2 Å². The minimum Gasteiger partial charge on any atom is -0.481 e. The summed E-state index contributed by atoms with van der Waals surface area (Å²) < 4.78 is 4.77. The highest BCUT2D eigenvalue weighted by Crippen LogP contribution is 2.29. The molecule has 1 saturated carbocycles. The first-order valence-corrected chi connectivity index (χ1v) is 8.43. The summed E-state index contributed by atoms with van der Waals surface area (Å²) in [5, 5.41) is 8.86. The molecule has 1 unspecified atom stereocenters. The monoisotopic (exact) mass is 346 g/mol. The molecule has 0 aliphatic heterocycles. The van der Waals surface area contributed by atoms with E-state index >= 15 is 0 Å². The molecule has 3 N–H and O–H groups in total. The third kappa shape index (κ3) is 5.39. The molecular formula is C15H26N2O5S. The van der Waals surface area contributed by atoms with Crippen LogP contribution in [0.25, 0.3) is 0 Å². The van der Waals surface area contributed by atoms with Crippen molar-refractivity contribution >= 4 is 30.5 Å². The van der Waals surface area contributed by atoms with Gasteiger partial charge in [0.25, 0.3) is 0 Å². The smallest absolute Gasteiger partial charge is 0.329 e. The Morgan fingerprint density at radius 2 is 2.04 bits per heavy atom. The number of esters is 1. The standard InChI is InChI=1S/C15H26N2O5S/c1-9-4-3-5-10(6-9)17(12(8-23)15(21)22-2)14(20)11(16)7-13(18)19/h9-12,23H,3-8,16H2,1-2H3,(H,18,19)/t9?,10-,11-,12-/m0/s1. The summed E-state index contributed by atoms with van der Waals surface area (Å²) in [6.07, 6.45) is 3.07. The summed E-state index contributed by atoms with van der Waals surface area (Å²) in [6, 6.07) is -2.19. The molecule has 1 fully saturated rings. The van der Waals surface area contributed by atoms with Gasteiger partial charge in [-0.05, 0) is 18.8 Å². The second-order valence-electron chi connectivity index (χ2n) is 6.10. The van der Waals surface area contributed by atoms with Crippen LogP contribution in [0.3, 0.4) is 0 Å². The van der Waals surface area contributed by atoms with Gasteiger partial charge in [0.2, 0.25) is 5.91 Å². The van der Waals surface area contributed by atoms with Gasteiger partial charge < -0.3 is 20.5 Å². The number of rotatable bonds is 7. The fourth-order valence-corrected chi connectivity index (χ4v) is 3.45. The molecule has 0 aromatic carbocycles. The van der Waals surface area contributed by atoms with Crippen molar-refractivity contribution in [3.8, 4) is 0 Å². The van der Waals surface area contributed by atoms with Gasteiger partial charge in [-0.2, -0.15) is 12.6 Å². The quantitative estimate of drug-likeness (QED) is 0.462. The first kappa shape index (κ1) is 19.8. The van der Waals surface area contributed by atoms with E-state index in [4.69, 9.17) is 15.6 Å². The molecule has 1 aliphatic rings. The van der Waals surface area contributed by atoms with Crippen molar-refractivity contribution in [1.82, 2.24) is 4.90 Å². The zero-order valence-corrected chi connectivity index (χ0v) is 14.5. The Bertz CT molecular complexity index is 446. The number of carbonyl (C=O) groups excluding carboxylic acids is 2. The third-order valence-corrected chi connectivity index (χ3v) is 4.60. The van der Waals surface area contributed by atoms with Gasteiger partial charge in [0.05, 0.1) is 19.6 Å². The normalized spacial score (nSPS) is 23.7. The number of hydrogen-bond donors (Lipinski definition) is 3. The Labute approximate surface area is 141 Å². The van der Waals surface area contributed by atoms with Crippen LogP contribution in [0, 0.1) is 5.92 Å². The molecule has 0 radical (unpaired) electrons. The van der Waals surface area contributed by atoms with Gasteiger partial charge in [-0.1, -0.05) is 19.8 Å². The van der Waals surface area contributed by atoms with Crippen LogP contribution in [0.5, 0.6) is 0 Å². The number of carboxylic acid groups (broad SMARTS) is 1. The van der Waals surface area contributed by atoms with E-state index in [9.17, 15) is 14.4 Å². The van der Waals surface area contributed by atoms with Crippen LogP contribution >= 0.6 is 12.6 Å². The molecule has 7 nitrogen and oxygen atoms in total. The summed E-state index contributed by atoms with van der Waals surface area (Å²) >= 11 is 4.17. The maximum absolute atomic E-state index is 12.7. The van der Waals surface area contributed by atoms with Gasteiger partial charge in [0, 0.05) is 11.8 Å². The van der Waals surface area contributed by atoms with Crippen LogP contribution in [-0.2, 0) is 19.1 Å². The number of nitrogens with zero attached hydrogens (tertiary/aromatic N) is 1. The van der Waals surface area contributed by atoms with Crippen molar-refractivity contribution in [3.05, 3.63) is 0 Å². The van der Waals surface area contributed by atoms with E-state index in [2.05, 4.69) is 19.6 Å². The van der Waals surface area contributed by atoms with Gasteiger partial charge in [0.1, 0.15) is 6.04 Å². The molecule has 0 spiro atoms. The number of methoxy groups -OCH3 is 1. The van der Waals surface area contributed by atoms with Crippen LogP contribution in [-0.4, -0.2) is 58.8 Å². The average molecular weight is 346 g/mol. The number of thiol groups is 1. The molecule has 132 valence electrons. The lowest BCUT2D eigenvalue weighted by atomic mass is 9.85. The second-order valence-corrected chi connectivity index (χ2v) is 6.46. The van der Waals surface area contributed by atoms with Gasteiger partial charge in [-0.25, -0.2) is 4.79 Å². The highest BCUT2D eigenvalue weighted by molar-refractivity contribution is 7.80. The molecule has 0 heterocycles. The zero-order chi connectivity index (χ0) is 17.6. The molecule has 0 bridgehead atoms. The first-order valence-electron chi connectivity index (χ1n) is 7.80. The lowest BCUT2D eigenvalue weighted by molar-refractivity contribution is -0.156. The number of carboxylic acids is 1. The van der Waals surface area contributed by atoms with Crippen LogP contribution in [0.15, 0.2) is 0 Å². The highest BCUT2D eigenvalue weighted by atomic mass is 32.1. The van der Waals surface area contributed by atoms with Crippen molar-refractivity contribution in [2.75, 3.05) is 12.9 Å². The zero-order valence-electron chi connectivity index (χ0n) is 13.6. The summed E-state index contributed by atoms with van der Waals surface area (Å²) in [6.45, 7) is 2.10. The maximum atomic E-state index is 12.7. The number of carbonyl (C=O) groups is 3. The number of nitrogens with two attached hydrogens (primary N) is 1. The van der Waals surface area contributed by atoms with Gasteiger partial charge >= 0.3 is 11.9 Å². The highest BCUT2D eigenvalue weighted by Gasteiger charge is 2.39. The summed E-state index contributed by atoms with van der Waals surface area (Å²) in [7, 11) is 1.25. The molecule has 0 saturated heterocycles. The van der Waals surface area contributed by atoms with Crippen LogP contribution in [0.4, 0.5) is 0 Å². The Morgan fingerprint density at radius 1 is 1.39 bits per heavy atom. The third-order valence-electron chi connectivity index (χ3n) is 4.25. The fraction of sp³-hybridized carbons (Fsp3) is 0.800. The van der Waals surface area contributed by atoms with Crippen LogP contribution in [0.2, 0.25) is 0 Å². The molecule has 1 rings (SSSR count). The predicted molar refractivity (Wildman–Crippen MR) is 88.2 cm³/mol. The van der Waals surface area contributed by atoms with Gasteiger partial charge in [0.15, 0.2) is 0 Å². The second kappa shape index (κ2) is 9.12. The van der Waals surface area contributed by atoms with Crippen molar-refractivity contribution in [1.29, 1.82) is 0 Å². The van der Waals surface area contributed by atoms with Crippen LogP contribution < -0.4 is 5.73 Å². The SMILES string of the molecule is COC(=O)[C@H](CS)N(C(=O)[C@@H](N)CC(=O)O)[C@H]1CCCC(C)C1. The van der Waals surface area contributed by atoms with E-state index in [1.807, 2.05) is 0 Å². The van der Waals surface area contributed by atoms with Gasteiger partial charge in [-0.3, -0.25) is 9.59 Å². The lowest BCUT2D eigenvalue weighted by Gasteiger charge is -2.41. The fourth-order valence-electron chi connectivity index (χ4n) is 3.12. The molecule has 1 aliphatic carbocycles. The van der Waals surface area contributed by atoms with Crippen molar-refractivity contribution in [2.24, 2.45) is 11.7 Å². The molecule has 8 heteroatoms. The Morgan fingerprint density at radius 3 is 2.52 bits per heavy atom. The minimum absolute atomic E-state index is 0.100. The first-order chi connectivity index (χ1) is 10.8. The van der Waals surface area contributed by atoms with Crippen LogP contribution in [0.1, 0.15) is 39.0 Å². The molecule has 4 atom stereocenters. The average Bonchev–Trinajstić information content (AvgIpc) is 2.50. The Balaban J connectivity index is 3.05. The van der Waals surface area contributed by atoms with E-state index in [0.29, 0.717) is 5.92 Å². The lowest BCUT2D eigenvalue weighted by Crippen LogP contribution is -2.58. The number of hydrogen-bond acceptors (Lipinski definition) is 6. The predicted octanol–water partition coefficient (Wildman–Crippen LogP) is 0.667. The van der Waals surface area contributed by atoms with Crippen molar-refractivity contribution in [3.63, 3.8) is 0 Å². The molecule has 0 aromatic rings. The van der Waals surface area contributed by atoms with E-state index < -0.39 is 36.4 Å². The molecule has 23 heavy (non-hydrogen) atoms. The van der Waals surface area contributed by atoms with Crippen molar-refractivity contribution < 1.29 is 24.2 Å².